The van der Waals surface area contributed by atoms with Gasteiger partial charge in [-0.2, -0.15) is 0 Å². The highest BCUT2D eigenvalue weighted by atomic mass is 16.2. The van der Waals surface area contributed by atoms with E-state index in [2.05, 4.69) is 10.1 Å². The summed E-state index contributed by atoms with van der Waals surface area (Å²) in [5.74, 6) is -0.626. The highest BCUT2D eigenvalue weighted by molar-refractivity contribution is 5.93. The van der Waals surface area contributed by atoms with Crippen molar-refractivity contribution in [1.29, 1.82) is 0 Å². The number of hydrogen-bond acceptors (Lipinski definition) is 4. The molecular weight excluding hydrogens is 296 g/mol. The van der Waals surface area contributed by atoms with Crippen LogP contribution in [0.2, 0.25) is 0 Å². The van der Waals surface area contributed by atoms with E-state index in [1.807, 2.05) is 35.6 Å². The Morgan fingerprint density at radius 3 is 2.74 bits per heavy atom. The second-order valence-electron chi connectivity index (χ2n) is 5.88. The summed E-state index contributed by atoms with van der Waals surface area (Å²) in [6, 6.07) is 3.79. The van der Waals surface area contributed by atoms with Crippen molar-refractivity contribution in [3.05, 3.63) is 35.7 Å². The molecule has 8 heteroatoms. The number of amides is 2. The maximum atomic E-state index is 12.7. The minimum Gasteiger partial charge on any atom is -0.363 e. The Kier molecular flexibility index (Phi) is 3.89. The number of primary amides is 1. The van der Waals surface area contributed by atoms with Gasteiger partial charge >= 0.3 is 0 Å². The fourth-order valence-electron chi connectivity index (χ4n) is 2.91. The van der Waals surface area contributed by atoms with E-state index in [0.29, 0.717) is 12.2 Å². The minimum absolute atomic E-state index is 0.00603. The first-order chi connectivity index (χ1) is 11.0. The third kappa shape index (κ3) is 2.84. The summed E-state index contributed by atoms with van der Waals surface area (Å²) >= 11 is 0. The Bertz CT molecular complexity index is 747. The van der Waals surface area contributed by atoms with Crippen molar-refractivity contribution < 1.29 is 9.59 Å². The lowest BCUT2D eigenvalue weighted by Crippen LogP contribution is -2.41. The lowest BCUT2D eigenvalue weighted by molar-refractivity contribution is 0.0662. The number of carbonyl (C=O) groups is 2. The maximum absolute atomic E-state index is 12.7. The molecule has 0 saturated carbocycles. The number of nitrogens with zero attached hydrogens (tertiary/aromatic N) is 5. The van der Waals surface area contributed by atoms with Gasteiger partial charge in [-0.25, -0.2) is 9.67 Å². The molecule has 2 aromatic rings. The lowest BCUT2D eigenvalue weighted by atomic mass is 10.1. The summed E-state index contributed by atoms with van der Waals surface area (Å²) in [4.78, 5) is 29.6. The SMILES string of the molecule is Cc1ccc(C(=O)N2CCC[C@H](n3cnc(C(N)=O)n3)C2)n1C. The molecule has 1 aliphatic heterocycles. The summed E-state index contributed by atoms with van der Waals surface area (Å²) in [5, 5.41) is 4.11. The summed E-state index contributed by atoms with van der Waals surface area (Å²) < 4.78 is 3.53. The highest BCUT2D eigenvalue weighted by Crippen LogP contribution is 2.22. The maximum Gasteiger partial charge on any atom is 0.288 e. The third-order valence-electron chi connectivity index (χ3n) is 4.38. The van der Waals surface area contributed by atoms with Gasteiger partial charge in [-0.05, 0) is 31.9 Å². The molecule has 3 rings (SSSR count). The molecule has 1 aliphatic rings. The molecule has 1 atom stereocenters. The molecule has 0 bridgehead atoms. The zero-order valence-corrected chi connectivity index (χ0v) is 13.3. The predicted molar refractivity (Wildman–Crippen MR) is 82.9 cm³/mol. The first-order valence-corrected chi connectivity index (χ1v) is 7.60. The number of carbonyl (C=O) groups excluding carboxylic acids is 2. The zero-order chi connectivity index (χ0) is 16.6. The average Bonchev–Trinajstić information content (AvgIpc) is 3.15. The smallest absolute Gasteiger partial charge is 0.288 e. The van der Waals surface area contributed by atoms with E-state index < -0.39 is 5.91 Å². The number of nitrogens with two attached hydrogens (primary N) is 1. The number of piperidine rings is 1. The van der Waals surface area contributed by atoms with Crippen LogP contribution in [0, 0.1) is 6.92 Å². The Balaban J connectivity index is 1.76. The van der Waals surface area contributed by atoms with Crippen molar-refractivity contribution in [2.45, 2.75) is 25.8 Å². The minimum atomic E-state index is -0.647. The fraction of sp³-hybridized carbons (Fsp3) is 0.467. The molecule has 0 aliphatic carbocycles. The van der Waals surface area contributed by atoms with Crippen LogP contribution >= 0.6 is 0 Å². The van der Waals surface area contributed by atoms with Crippen LogP contribution in [0.15, 0.2) is 18.5 Å². The molecule has 0 radical (unpaired) electrons. The molecule has 122 valence electrons. The molecule has 3 heterocycles. The molecule has 0 spiro atoms. The predicted octanol–water partition coefficient (Wildman–Crippen LogP) is 0.501. The second-order valence-corrected chi connectivity index (χ2v) is 5.88. The van der Waals surface area contributed by atoms with Gasteiger partial charge in [-0.15, -0.1) is 5.10 Å². The van der Waals surface area contributed by atoms with Gasteiger partial charge in [0.1, 0.15) is 12.0 Å². The first kappa shape index (κ1) is 15.3. The first-order valence-electron chi connectivity index (χ1n) is 7.60. The van der Waals surface area contributed by atoms with Gasteiger partial charge in [-0.1, -0.05) is 0 Å². The number of aromatic nitrogens is 4. The van der Waals surface area contributed by atoms with Crippen LogP contribution in [0.3, 0.4) is 0 Å². The van der Waals surface area contributed by atoms with Gasteiger partial charge in [0.25, 0.3) is 11.8 Å². The van der Waals surface area contributed by atoms with Gasteiger partial charge in [-0.3, -0.25) is 9.59 Å². The number of likely N-dealkylation sites (tertiary alicyclic amines) is 1. The Hall–Kier alpha value is -2.64. The van der Waals surface area contributed by atoms with E-state index >= 15 is 0 Å². The largest absolute Gasteiger partial charge is 0.363 e. The van der Waals surface area contributed by atoms with Crippen LogP contribution in [0.5, 0.6) is 0 Å². The molecule has 23 heavy (non-hydrogen) atoms. The van der Waals surface area contributed by atoms with Crippen LogP contribution in [0.4, 0.5) is 0 Å². The van der Waals surface area contributed by atoms with E-state index in [-0.39, 0.29) is 17.8 Å². The quantitative estimate of drug-likeness (QED) is 0.891. The van der Waals surface area contributed by atoms with Crippen molar-refractivity contribution in [2.75, 3.05) is 13.1 Å². The summed E-state index contributed by atoms with van der Waals surface area (Å²) in [5.41, 5.74) is 6.91. The van der Waals surface area contributed by atoms with Crippen molar-refractivity contribution in [3.63, 3.8) is 0 Å². The second kappa shape index (κ2) is 5.86. The van der Waals surface area contributed by atoms with Crippen LogP contribution in [-0.4, -0.2) is 49.1 Å². The molecule has 2 aromatic heterocycles. The van der Waals surface area contributed by atoms with Gasteiger partial charge in [0, 0.05) is 25.8 Å². The van der Waals surface area contributed by atoms with Crippen molar-refractivity contribution in [3.8, 4) is 0 Å². The summed E-state index contributed by atoms with van der Waals surface area (Å²) in [7, 11) is 1.89. The summed E-state index contributed by atoms with van der Waals surface area (Å²) in [6.07, 6.45) is 3.27. The van der Waals surface area contributed by atoms with Gasteiger partial charge in [0.2, 0.25) is 5.82 Å². The standard InChI is InChI=1S/C15H20N6O2/c1-10-5-6-12(19(10)2)15(23)20-7-3-4-11(8-20)21-9-17-14(18-21)13(16)22/h5-6,9,11H,3-4,7-8H2,1-2H3,(H2,16,22)/t11-/m0/s1. The molecule has 2 N–H and O–H groups in total. The van der Waals surface area contributed by atoms with Gasteiger partial charge in [0.15, 0.2) is 0 Å². The normalized spacial score (nSPS) is 18.2. The average molecular weight is 316 g/mol. The van der Waals surface area contributed by atoms with Gasteiger partial charge in [0.05, 0.1) is 6.04 Å². The molecule has 0 unspecified atom stereocenters. The highest BCUT2D eigenvalue weighted by Gasteiger charge is 2.27. The van der Waals surface area contributed by atoms with Crippen LogP contribution in [0.25, 0.3) is 0 Å². The van der Waals surface area contributed by atoms with E-state index in [4.69, 9.17) is 5.73 Å². The van der Waals surface area contributed by atoms with Crippen molar-refractivity contribution in [2.24, 2.45) is 12.8 Å². The van der Waals surface area contributed by atoms with E-state index in [9.17, 15) is 9.59 Å². The topological polar surface area (TPSA) is 99.0 Å². The zero-order valence-electron chi connectivity index (χ0n) is 13.3. The van der Waals surface area contributed by atoms with E-state index in [0.717, 1.165) is 25.1 Å². The monoisotopic (exact) mass is 316 g/mol. The molecule has 1 fully saturated rings. The number of hydrogen-bond donors (Lipinski definition) is 1. The molecule has 0 aromatic carbocycles. The molecule has 2 amide bonds. The van der Waals surface area contributed by atoms with Crippen molar-refractivity contribution >= 4 is 11.8 Å². The van der Waals surface area contributed by atoms with Crippen LogP contribution < -0.4 is 5.73 Å². The Labute approximate surface area is 133 Å². The lowest BCUT2D eigenvalue weighted by Gasteiger charge is -2.32. The Morgan fingerprint density at radius 2 is 2.13 bits per heavy atom. The van der Waals surface area contributed by atoms with Crippen LogP contribution in [0.1, 0.15) is 45.7 Å². The Morgan fingerprint density at radius 1 is 1.35 bits per heavy atom. The molecule has 1 saturated heterocycles. The molecular formula is C15H20N6O2. The molecule has 8 nitrogen and oxygen atoms in total. The van der Waals surface area contributed by atoms with Crippen LogP contribution in [-0.2, 0) is 7.05 Å². The third-order valence-corrected chi connectivity index (χ3v) is 4.38. The van der Waals surface area contributed by atoms with Gasteiger partial charge < -0.3 is 15.2 Å². The van der Waals surface area contributed by atoms with Crippen molar-refractivity contribution in [1.82, 2.24) is 24.2 Å². The van der Waals surface area contributed by atoms with E-state index in [1.165, 1.54) is 6.33 Å². The summed E-state index contributed by atoms with van der Waals surface area (Å²) in [6.45, 7) is 3.23. The number of rotatable bonds is 3. The van der Waals surface area contributed by atoms with E-state index in [1.54, 1.807) is 4.68 Å². The fourth-order valence-corrected chi connectivity index (χ4v) is 2.91. The number of aryl methyl sites for hydroxylation is 1.